The molecule has 4 heteroatoms. The maximum Gasteiger partial charge on any atom is 0.143 e. The number of nitrogens with zero attached hydrogens (tertiary/aromatic N) is 2. The molecule has 0 saturated heterocycles. The van der Waals surface area contributed by atoms with E-state index < -0.39 is 0 Å². The third-order valence-corrected chi connectivity index (χ3v) is 4.05. The van der Waals surface area contributed by atoms with Crippen LogP contribution in [0.5, 0.6) is 0 Å². The Balaban J connectivity index is 1.46. The minimum absolute atomic E-state index is 0.779. The van der Waals surface area contributed by atoms with Gasteiger partial charge in [0.2, 0.25) is 0 Å². The summed E-state index contributed by atoms with van der Waals surface area (Å²) in [7, 11) is 0. The summed E-state index contributed by atoms with van der Waals surface area (Å²) in [6.07, 6.45) is 0. The summed E-state index contributed by atoms with van der Waals surface area (Å²) < 4.78 is 4.84. The quantitative estimate of drug-likeness (QED) is 0.600. The smallest absolute Gasteiger partial charge is 0.143 e. The van der Waals surface area contributed by atoms with Crippen molar-refractivity contribution < 1.29 is 4.63 Å². The first kappa shape index (κ1) is 14.6. The van der Waals surface area contributed by atoms with E-state index in [1.165, 1.54) is 11.1 Å². The second-order valence-electron chi connectivity index (χ2n) is 5.72. The molecule has 0 saturated carbocycles. The fraction of sp³-hybridized carbons (Fsp3) is 0.100. The largest absolute Gasteiger partial charge is 0.309 e. The van der Waals surface area contributed by atoms with Crippen LogP contribution in [-0.4, -0.2) is 10.3 Å². The van der Waals surface area contributed by atoms with Gasteiger partial charge in [0, 0.05) is 18.7 Å². The van der Waals surface area contributed by atoms with Gasteiger partial charge in [-0.3, -0.25) is 0 Å². The van der Waals surface area contributed by atoms with Crippen molar-refractivity contribution in [1.82, 2.24) is 15.6 Å². The molecule has 0 bridgehead atoms. The summed E-state index contributed by atoms with van der Waals surface area (Å²) in [4.78, 5) is 0. The predicted molar refractivity (Wildman–Crippen MR) is 94.2 cm³/mol. The fourth-order valence-electron chi connectivity index (χ4n) is 2.79. The van der Waals surface area contributed by atoms with Gasteiger partial charge >= 0.3 is 0 Å². The molecule has 0 fully saturated rings. The van der Waals surface area contributed by atoms with Crippen molar-refractivity contribution in [3.8, 4) is 11.1 Å². The monoisotopic (exact) mass is 315 g/mol. The number of nitrogens with one attached hydrogen (secondary N) is 1. The summed E-state index contributed by atoms with van der Waals surface area (Å²) in [5.74, 6) is 0. The van der Waals surface area contributed by atoms with Crippen LogP contribution in [0.4, 0.5) is 0 Å². The Labute approximate surface area is 140 Å². The third-order valence-electron chi connectivity index (χ3n) is 4.05. The van der Waals surface area contributed by atoms with Gasteiger partial charge in [0.25, 0.3) is 0 Å². The summed E-state index contributed by atoms with van der Waals surface area (Å²) in [5.41, 5.74) is 6.27. The molecule has 0 unspecified atom stereocenters. The molecule has 4 rings (SSSR count). The molecule has 1 N–H and O–H groups in total. The Morgan fingerprint density at radius 3 is 2.25 bits per heavy atom. The first-order valence-electron chi connectivity index (χ1n) is 7.95. The highest BCUT2D eigenvalue weighted by molar-refractivity contribution is 5.90. The third kappa shape index (κ3) is 3.05. The molecule has 0 spiro atoms. The van der Waals surface area contributed by atoms with Crippen LogP contribution in [0.3, 0.4) is 0 Å². The van der Waals surface area contributed by atoms with E-state index in [4.69, 9.17) is 4.63 Å². The average molecular weight is 315 g/mol. The van der Waals surface area contributed by atoms with Crippen molar-refractivity contribution in [2.45, 2.75) is 13.1 Å². The highest BCUT2D eigenvalue weighted by atomic mass is 16.6. The van der Waals surface area contributed by atoms with Crippen molar-refractivity contribution in [2.75, 3.05) is 0 Å². The highest BCUT2D eigenvalue weighted by Gasteiger charge is 2.08. The van der Waals surface area contributed by atoms with Crippen LogP contribution >= 0.6 is 0 Å². The van der Waals surface area contributed by atoms with E-state index in [1.807, 2.05) is 24.3 Å². The first-order valence-corrected chi connectivity index (χ1v) is 7.95. The van der Waals surface area contributed by atoms with Crippen LogP contribution in [0.2, 0.25) is 0 Å². The van der Waals surface area contributed by atoms with Gasteiger partial charge in [-0.15, -0.1) is 0 Å². The summed E-state index contributed by atoms with van der Waals surface area (Å²) in [6, 6.07) is 24.8. The lowest BCUT2D eigenvalue weighted by atomic mass is 10.0. The van der Waals surface area contributed by atoms with Gasteiger partial charge in [-0.2, -0.15) is 0 Å². The molecule has 0 radical (unpaired) electrons. The van der Waals surface area contributed by atoms with E-state index in [-0.39, 0.29) is 0 Å². The molecule has 24 heavy (non-hydrogen) atoms. The van der Waals surface area contributed by atoms with E-state index >= 15 is 0 Å². The average Bonchev–Trinajstić information content (AvgIpc) is 3.12. The van der Waals surface area contributed by atoms with Gasteiger partial charge in [0.1, 0.15) is 11.0 Å². The Bertz CT molecular complexity index is 930. The lowest BCUT2D eigenvalue weighted by Crippen LogP contribution is -2.12. The fourth-order valence-corrected chi connectivity index (χ4v) is 2.79. The van der Waals surface area contributed by atoms with Gasteiger partial charge in [0.05, 0.1) is 0 Å². The lowest BCUT2D eigenvalue weighted by Gasteiger charge is -2.07. The van der Waals surface area contributed by atoms with Gasteiger partial charge in [-0.1, -0.05) is 66.7 Å². The maximum atomic E-state index is 4.84. The van der Waals surface area contributed by atoms with E-state index in [2.05, 4.69) is 64.2 Å². The van der Waals surface area contributed by atoms with Gasteiger partial charge in [-0.25, -0.2) is 4.63 Å². The molecule has 0 aliphatic carbocycles. The Kier molecular flexibility index (Phi) is 4.04. The van der Waals surface area contributed by atoms with Gasteiger partial charge in [0.15, 0.2) is 0 Å². The summed E-state index contributed by atoms with van der Waals surface area (Å²) >= 11 is 0. The minimum Gasteiger partial charge on any atom is -0.309 e. The highest BCUT2D eigenvalue weighted by Crippen LogP contribution is 2.26. The second kappa shape index (κ2) is 6.64. The number of aromatic nitrogens is 2. The van der Waals surface area contributed by atoms with E-state index in [1.54, 1.807) is 0 Å². The number of rotatable bonds is 5. The standard InChI is InChI=1S/C20H17N3O/c1-2-5-15(6-3-1)13-21-14-16-9-11-17(12-10-16)18-7-4-8-19-20(18)23-24-22-19/h1-12,21H,13-14H2. The zero-order valence-electron chi connectivity index (χ0n) is 13.1. The van der Waals surface area contributed by atoms with Crippen LogP contribution in [-0.2, 0) is 13.1 Å². The Morgan fingerprint density at radius 1 is 0.708 bits per heavy atom. The molecule has 1 heterocycles. The molecule has 3 aromatic carbocycles. The van der Waals surface area contributed by atoms with Crippen LogP contribution in [0.25, 0.3) is 22.2 Å². The van der Waals surface area contributed by atoms with Crippen molar-refractivity contribution >= 4 is 11.0 Å². The van der Waals surface area contributed by atoms with Crippen molar-refractivity contribution in [3.63, 3.8) is 0 Å². The molecule has 1 aromatic heterocycles. The van der Waals surface area contributed by atoms with Crippen LogP contribution in [0.1, 0.15) is 11.1 Å². The van der Waals surface area contributed by atoms with Crippen LogP contribution in [0.15, 0.2) is 77.4 Å². The summed E-state index contributed by atoms with van der Waals surface area (Å²) in [6.45, 7) is 1.71. The topological polar surface area (TPSA) is 51.0 Å². The molecular formula is C20H17N3O. The van der Waals surface area contributed by atoms with Crippen molar-refractivity contribution in [3.05, 3.63) is 83.9 Å². The SMILES string of the molecule is c1ccc(CNCc2ccc(-c3cccc4nonc34)cc2)cc1. The second-order valence-corrected chi connectivity index (χ2v) is 5.72. The zero-order valence-corrected chi connectivity index (χ0v) is 13.1. The van der Waals surface area contributed by atoms with E-state index in [0.29, 0.717) is 0 Å². The number of benzene rings is 3. The van der Waals surface area contributed by atoms with Crippen LogP contribution in [0, 0.1) is 0 Å². The molecule has 118 valence electrons. The number of hydrogen-bond acceptors (Lipinski definition) is 4. The maximum absolute atomic E-state index is 4.84. The van der Waals surface area contributed by atoms with E-state index in [9.17, 15) is 0 Å². The first-order chi connectivity index (χ1) is 11.9. The molecule has 0 amide bonds. The number of fused-ring (bicyclic) bond motifs is 1. The Hall–Kier alpha value is -2.98. The predicted octanol–water partition coefficient (Wildman–Crippen LogP) is 4.18. The Morgan fingerprint density at radius 2 is 1.46 bits per heavy atom. The minimum atomic E-state index is 0.779. The molecule has 0 aliphatic rings. The van der Waals surface area contributed by atoms with Gasteiger partial charge < -0.3 is 5.32 Å². The van der Waals surface area contributed by atoms with Crippen LogP contribution < -0.4 is 5.32 Å². The number of hydrogen-bond donors (Lipinski definition) is 1. The molecule has 4 aromatic rings. The molecule has 4 nitrogen and oxygen atoms in total. The van der Waals surface area contributed by atoms with Crippen molar-refractivity contribution in [2.24, 2.45) is 0 Å². The van der Waals surface area contributed by atoms with Crippen molar-refractivity contribution in [1.29, 1.82) is 0 Å². The van der Waals surface area contributed by atoms with Gasteiger partial charge in [-0.05, 0) is 33.1 Å². The summed E-state index contributed by atoms with van der Waals surface area (Å²) in [5, 5.41) is 11.4. The molecular weight excluding hydrogens is 298 g/mol. The van der Waals surface area contributed by atoms with E-state index in [0.717, 1.165) is 35.2 Å². The lowest BCUT2D eigenvalue weighted by molar-refractivity contribution is 0.315. The molecule has 0 atom stereocenters. The molecule has 0 aliphatic heterocycles. The normalized spacial score (nSPS) is 11.0. The zero-order chi connectivity index (χ0) is 16.2.